The van der Waals surface area contributed by atoms with Gasteiger partial charge >= 0.3 is 0 Å². The van der Waals surface area contributed by atoms with Crippen molar-refractivity contribution >= 4 is 34.0 Å². The van der Waals surface area contributed by atoms with Crippen LogP contribution in [-0.2, 0) is 16.1 Å². The summed E-state index contributed by atoms with van der Waals surface area (Å²) in [6.07, 6.45) is 3.15. The van der Waals surface area contributed by atoms with Gasteiger partial charge in [-0.25, -0.2) is 5.43 Å². The highest BCUT2D eigenvalue weighted by molar-refractivity contribution is 9.10. The molecule has 9 heteroatoms. The van der Waals surface area contributed by atoms with Crippen molar-refractivity contribution < 1.29 is 19.1 Å². The van der Waals surface area contributed by atoms with E-state index in [2.05, 4.69) is 43.5 Å². The molecule has 0 aromatic heterocycles. The lowest BCUT2D eigenvalue weighted by molar-refractivity contribution is -0.126. The molecule has 0 saturated carbocycles. The number of hydrogen-bond acceptors (Lipinski definition) is 6. The minimum Gasteiger partial charge on any atom is -0.493 e. The SMILES string of the molecule is COc1cc(/C=N\NC(=O)C2CCN(Cc3ccc(Br)cc3)CC2)ccc1OCC(N)=O. The summed E-state index contributed by atoms with van der Waals surface area (Å²) < 4.78 is 11.6. The third-order valence-electron chi connectivity index (χ3n) is 5.22. The van der Waals surface area contributed by atoms with E-state index in [0.29, 0.717) is 11.5 Å². The Kier molecular flexibility index (Phi) is 8.64. The first-order valence-corrected chi connectivity index (χ1v) is 11.1. The van der Waals surface area contributed by atoms with Gasteiger partial charge in [-0.3, -0.25) is 14.5 Å². The fourth-order valence-corrected chi connectivity index (χ4v) is 3.76. The lowest BCUT2D eigenvalue weighted by atomic mass is 9.96. The summed E-state index contributed by atoms with van der Waals surface area (Å²) in [4.78, 5) is 25.7. The maximum Gasteiger partial charge on any atom is 0.255 e. The second-order valence-corrected chi connectivity index (χ2v) is 8.49. The molecule has 1 fully saturated rings. The van der Waals surface area contributed by atoms with Gasteiger partial charge in [-0.05, 0) is 67.4 Å². The molecule has 2 aromatic carbocycles. The van der Waals surface area contributed by atoms with Crippen LogP contribution in [0.25, 0.3) is 0 Å². The van der Waals surface area contributed by atoms with E-state index in [9.17, 15) is 9.59 Å². The van der Waals surface area contributed by atoms with Crippen molar-refractivity contribution in [3.63, 3.8) is 0 Å². The molecule has 2 amide bonds. The van der Waals surface area contributed by atoms with Gasteiger partial charge in [0.15, 0.2) is 18.1 Å². The summed E-state index contributed by atoms with van der Waals surface area (Å²) >= 11 is 3.45. The standard InChI is InChI=1S/C23H27BrN4O4/c1-31-21-12-17(4-7-20(21)32-15-22(25)29)13-26-27-23(30)18-8-10-28(11-9-18)14-16-2-5-19(24)6-3-16/h2-7,12-13,18H,8-11,14-15H2,1H3,(H2,25,29)(H,27,30)/b26-13-. The zero-order chi connectivity index (χ0) is 22.9. The van der Waals surface area contributed by atoms with Gasteiger partial charge in [-0.2, -0.15) is 5.10 Å². The molecule has 0 spiro atoms. The van der Waals surface area contributed by atoms with Crippen LogP contribution in [0.15, 0.2) is 52.0 Å². The van der Waals surface area contributed by atoms with Gasteiger partial charge in [0, 0.05) is 16.9 Å². The summed E-state index contributed by atoms with van der Waals surface area (Å²) in [7, 11) is 1.50. The van der Waals surface area contributed by atoms with Crippen LogP contribution in [0.4, 0.5) is 0 Å². The number of likely N-dealkylation sites (tertiary alicyclic amines) is 1. The first-order chi connectivity index (χ1) is 15.4. The molecule has 1 aliphatic heterocycles. The summed E-state index contributed by atoms with van der Waals surface area (Å²) in [6, 6.07) is 13.4. The lowest BCUT2D eigenvalue weighted by Crippen LogP contribution is -2.39. The molecule has 1 saturated heterocycles. The number of methoxy groups -OCH3 is 1. The van der Waals surface area contributed by atoms with Crippen molar-refractivity contribution in [2.24, 2.45) is 16.8 Å². The van der Waals surface area contributed by atoms with Crippen molar-refractivity contribution in [2.75, 3.05) is 26.8 Å². The number of primary amides is 1. The van der Waals surface area contributed by atoms with Crippen LogP contribution in [0.5, 0.6) is 11.5 Å². The van der Waals surface area contributed by atoms with Gasteiger partial charge in [-0.15, -0.1) is 0 Å². The van der Waals surface area contributed by atoms with Crippen molar-refractivity contribution in [3.8, 4) is 11.5 Å². The molecular weight excluding hydrogens is 476 g/mol. The van der Waals surface area contributed by atoms with E-state index >= 15 is 0 Å². The van der Waals surface area contributed by atoms with E-state index in [4.69, 9.17) is 15.2 Å². The van der Waals surface area contributed by atoms with Crippen molar-refractivity contribution in [3.05, 3.63) is 58.1 Å². The molecule has 170 valence electrons. The maximum atomic E-state index is 12.5. The molecule has 32 heavy (non-hydrogen) atoms. The smallest absolute Gasteiger partial charge is 0.255 e. The van der Waals surface area contributed by atoms with Gasteiger partial charge in [0.25, 0.3) is 5.91 Å². The Labute approximate surface area is 195 Å². The third-order valence-corrected chi connectivity index (χ3v) is 5.75. The molecular formula is C23H27BrN4O4. The highest BCUT2D eigenvalue weighted by Gasteiger charge is 2.24. The van der Waals surface area contributed by atoms with Crippen LogP contribution in [0.3, 0.4) is 0 Å². The van der Waals surface area contributed by atoms with E-state index in [1.807, 2.05) is 12.1 Å². The minimum atomic E-state index is -0.570. The van der Waals surface area contributed by atoms with Crippen LogP contribution in [0.1, 0.15) is 24.0 Å². The number of benzene rings is 2. The van der Waals surface area contributed by atoms with Crippen LogP contribution in [-0.4, -0.2) is 49.7 Å². The van der Waals surface area contributed by atoms with Crippen molar-refractivity contribution in [1.82, 2.24) is 10.3 Å². The number of piperidine rings is 1. The Morgan fingerprint density at radius 1 is 1.19 bits per heavy atom. The molecule has 2 aromatic rings. The molecule has 0 aliphatic carbocycles. The van der Waals surface area contributed by atoms with Crippen LogP contribution in [0, 0.1) is 5.92 Å². The number of carbonyl (C=O) groups excluding carboxylic acids is 2. The van der Waals surface area contributed by atoms with Crippen LogP contribution >= 0.6 is 15.9 Å². The minimum absolute atomic E-state index is 0.0487. The van der Waals surface area contributed by atoms with Crippen LogP contribution < -0.4 is 20.6 Å². The molecule has 1 aliphatic rings. The summed E-state index contributed by atoms with van der Waals surface area (Å²) in [5.74, 6) is 0.159. The average Bonchev–Trinajstić information content (AvgIpc) is 2.80. The Morgan fingerprint density at radius 2 is 1.91 bits per heavy atom. The fourth-order valence-electron chi connectivity index (χ4n) is 3.50. The molecule has 0 unspecified atom stereocenters. The molecule has 0 atom stereocenters. The van der Waals surface area contributed by atoms with E-state index in [1.54, 1.807) is 24.4 Å². The van der Waals surface area contributed by atoms with Gasteiger partial charge in [0.05, 0.1) is 13.3 Å². The topological polar surface area (TPSA) is 106 Å². The Balaban J connectivity index is 1.46. The van der Waals surface area contributed by atoms with Gasteiger partial charge < -0.3 is 15.2 Å². The molecule has 3 N–H and O–H groups in total. The normalized spacial score (nSPS) is 14.9. The maximum absolute atomic E-state index is 12.5. The fraction of sp³-hybridized carbons (Fsp3) is 0.348. The van der Waals surface area contributed by atoms with Crippen LogP contribution in [0.2, 0.25) is 0 Å². The highest BCUT2D eigenvalue weighted by atomic mass is 79.9. The third kappa shape index (κ3) is 7.06. The van der Waals surface area contributed by atoms with Gasteiger partial charge in [0.2, 0.25) is 5.91 Å². The largest absolute Gasteiger partial charge is 0.493 e. The molecule has 1 heterocycles. The molecule has 0 radical (unpaired) electrons. The highest BCUT2D eigenvalue weighted by Crippen LogP contribution is 2.27. The monoisotopic (exact) mass is 502 g/mol. The predicted octanol–water partition coefficient (Wildman–Crippen LogP) is 2.68. The number of nitrogens with two attached hydrogens (primary N) is 1. The average molecular weight is 503 g/mol. The Bertz CT molecular complexity index is 957. The number of hydrogen-bond donors (Lipinski definition) is 2. The zero-order valence-corrected chi connectivity index (χ0v) is 19.5. The molecule has 0 bridgehead atoms. The second-order valence-electron chi connectivity index (χ2n) is 7.58. The number of nitrogens with zero attached hydrogens (tertiary/aromatic N) is 2. The van der Waals surface area contributed by atoms with E-state index in [1.165, 1.54) is 12.7 Å². The molecule has 3 rings (SSSR count). The van der Waals surface area contributed by atoms with E-state index < -0.39 is 5.91 Å². The summed E-state index contributed by atoms with van der Waals surface area (Å²) in [5, 5.41) is 4.08. The Hall–Kier alpha value is -2.91. The quantitative estimate of drug-likeness (QED) is 0.405. The lowest BCUT2D eigenvalue weighted by Gasteiger charge is -2.30. The van der Waals surface area contributed by atoms with Gasteiger partial charge in [0.1, 0.15) is 0 Å². The van der Waals surface area contributed by atoms with E-state index in [0.717, 1.165) is 42.5 Å². The van der Waals surface area contributed by atoms with Crippen molar-refractivity contribution in [2.45, 2.75) is 19.4 Å². The number of hydrazone groups is 1. The summed E-state index contributed by atoms with van der Waals surface area (Å²) in [6.45, 7) is 2.41. The number of halogens is 1. The summed E-state index contributed by atoms with van der Waals surface area (Å²) in [5.41, 5.74) is 9.72. The van der Waals surface area contributed by atoms with Gasteiger partial charge in [-0.1, -0.05) is 28.1 Å². The van der Waals surface area contributed by atoms with E-state index in [-0.39, 0.29) is 18.4 Å². The number of amides is 2. The zero-order valence-electron chi connectivity index (χ0n) is 17.9. The number of rotatable bonds is 9. The first-order valence-electron chi connectivity index (χ1n) is 10.3. The van der Waals surface area contributed by atoms with Crippen molar-refractivity contribution in [1.29, 1.82) is 0 Å². The molecule has 8 nitrogen and oxygen atoms in total. The number of ether oxygens (including phenoxy) is 2. The Morgan fingerprint density at radius 3 is 2.56 bits per heavy atom. The second kappa shape index (κ2) is 11.6. The predicted molar refractivity (Wildman–Crippen MR) is 126 cm³/mol. The first kappa shape index (κ1) is 23.7. The number of nitrogens with one attached hydrogen (secondary N) is 1. The number of carbonyl (C=O) groups is 2.